The lowest BCUT2D eigenvalue weighted by Crippen LogP contribution is -2.40. The average Bonchev–Trinajstić information content (AvgIpc) is 3.31. The van der Waals surface area contributed by atoms with Crippen LogP contribution in [0.15, 0.2) is 88.2 Å². The minimum atomic E-state index is -0.797. The van der Waals surface area contributed by atoms with Crippen LogP contribution in [-0.2, 0) is 9.53 Å². The maximum Gasteiger partial charge on any atom is 0.338 e. The Morgan fingerprint density at radius 1 is 0.976 bits per heavy atom. The number of aromatic nitrogens is 1. The summed E-state index contributed by atoms with van der Waals surface area (Å²) in [6, 6.07) is 21.5. The van der Waals surface area contributed by atoms with Crippen LogP contribution in [0.2, 0.25) is 0 Å². The Labute approximate surface area is 241 Å². The fourth-order valence-corrected chi connectivity index (χ4v) is 5.81. The highest BCUT2D eigenvalue weighted by Crippen LogP contribution is 2.36. The molecule has 0 radical (unpaired) electrons. The number of rotatable bonds is 9. The fraction of sp³-hybridized carbons (Fsp3) is 0.219. The van der Waals surface area contributed by atoms with E-state index in [1.54, 1.807) is 31.8 Å². The second-order valence-corrected chi connectivity index (χ2v) is 10.0. The normalized spacial score (nSPS) is 14.7. The van der Waals surface area contributed by atoms with Gasteiger partial charge in [-0.15, -0.1) is 0 Å². The third-order valence-electron chi connectivity index (χ3n) is 6.59. The highest BCUT2D eigenvalue weighted by molar-refractivity contribution is 7.07. The fourth-order valence-electron chi connectivity index (χ4n) is 4.81. The number of benzene rings is 3. The first kappa shape index (κ1) is 27.9. The summed E-state index contributed by atoms with van der Waals surface area (Å²) >= 11 is 1.25. The molecule has 4 aromatic rings. The van der Waals surface area contributed by atoms with E-state index >= 15 is 0 Å². The summed E-state index contributed by atoms with van der Waals surface area (Å²) in [4.78, 5) is 33.1. The monoisotopic (exact) mass is 570 g/mol. The molecule has 8 nitrogen and oxygen atoms in total. The quantitative estimate of drug-likeness (QED) is 0.278. The summed E-state index contributed by atoms with van der Waals surface area (Å²) in [7, 11) is 3.15. The van der Waals surface area contributed by atoms with Gasteiger partial charge in [-0.05, 0) is 43.7 Å². The number of fused-ring (bicyclic) bond motifs is 1. The molecule has 3 aromatic carbocycles. The molecule has 0 saturated carbocycles. The third-order valence-corrected chi connectivity index (χ3v) is 7.57. The molecule has 9 heteroatoms. The molecule has 0 N–H and O–H groups in total. The molecule has 0 saturated heterocycles. The van der Waals surface area contributed by atoms with Gasteiger partial charge in [0.2, 0.25) is 0 Å². The van der Waals surface area contributed by atoms with E-state index in [9.17, 15) is 9.59 Å². The van der Waals surface area contributed by atoms with E-state index in [1.807, 2.05) is 79.7 Å². The first-order valence-corrected chi connectivity index (χ1v) is 14.0. The molecule has 0 fully saturated rings. The van der Waals surface area contributed by atoms with Crippen LogP contribution in [0.25, 0.3) is 11.8 Å². The van der Waals surface area contributed by atoms with E-state index in [-0.39, 0.29) is 17.7 Å². The smallest absolute Gasteiger partial charge is 0.338 e. The van der Waals surface area contributed by atoms with E-state index < -0.39 is 12.0 Å². The Morgan fingerprint density at radius 2 is 1.76 bits per heavy atom. The van der Waals surface area contributed by atoms with Crippen LogP contribution in [0, 0.1) is 0 Å². The van der Waals surface area contributed by atoms with Crippen LogP contribution in [-0.4, -0.2) is 38.0 Å². The van der Waals surface area contributed by atoms with Gasteiger partial charge in [0, 0.05) is 11.1 Å². The molecule has 2 heterocycles. The van der Waals surface area contributed by atoms with E-state index in [4.69, 9.17) is 23.9 Å². The summed E-state index contributed by atoms with van der Waals surface area (Å²) in [6.07, 6.45) is 1.77. The van der Waals surface area contributed by atoms with Crippen LogP contribution >= 0.6 is 11.3 Å². The molecule has 210 valence electrons. The highest BCUT2D eigenvalue weighted by Gasteiger charge is 2.35. The summed E-state index contributed by atoms with van der Waals surface area (Å²) in [5, 5.41) is 0. The summed E-state index contributed by atoms with van der Waals surface area (Å²) in [5.41, 5.74) is 2.58. The molecule has 5 rings (SSSR count). The highest BCUT2D eigenvalue weighted by atomic mass is 32.1. The van der Waals surface area contributed by atoms with E-state index in [2.05, 4.69) is 0 Å². The second-order valence-electron chi connectivity index (χ2n) is 9.02. The van der Waals surface area contributed by atoms with Crippen molar-refractivity contribution in [3.05, 3.63) is 115 Å². The van der Waals surface area contributed by atoms with Crippen LogP contribution in [0.1, 0.15) is 36.6 Å². The molecule has 0 spiro atoms. The lowest BCUT2D eigenvalue weighted by atomic mass is 9.93. The molecular formula is C32H30N2O6S. The van der Waals surface area contributed by atoms with Gasteiger partial charge in [-0.3, -0.25) is 9.36 Å². The first-order chi connectivity index (χ1) is 20.0. The Hall–Kier alpha value is -4.63. The van der Waals surface area contributed by atoms with Gasteiger partial charge in [-0.1, -0.05) is 65.9 Å². The molecule has 1 aliphatic rings. The molecule has 0 amide bonds. The molecule has 1 aliphatic heterocycles. The summed E-state index contributed by atoms with van der Waals surface area (Å²) in [5.74, 6) is 1.18. The van der Waals surface area contributed by atoms with Crippen molar-refractivity contribution < 1.29 is 23.7 Å². The van der Waals surface area contributed by atoms with Crippen molar-refractivity contribution >= 4 is 29.1 Å². The van der Waals surface area contributed by atoms with Crippen LogP contribution in [0.3, 0.4) is 0 Å². The number of nitrogens with zero attached hydrogens (tertiary/aromatic N) is 2. The Morgan fingerprint density at radius 3 is 2.46 bits per heavy atom. The number of para-hydroxylation sites is 1. The molecule has 1 aromatic heterocycles. The first-order valence-electron chi connectivity index (χ1n) is 13.2. The van der Waals surface area contributed by atoms with Crippen molar-refractivity contribution in [3.63, 3.8) is 0 Å². The van der Waals surface area contributed by atoms with Gasteiger partial charge in [0.05, 0.1) is 49.3 Å². The van der Waals surface area contributed by atoms with Gasteiger partial charge in [0.25, 0.3) is 5.56 Å². The second kappa shape index (κ2) is 12.3. The zero-order valence-electron chi connectivity index (χ0n) is 23.2. The van der Waals surface area contributed by atoms with Crippen LogP contribution < -0.4 is 29.1 Å². The van der Waals surface area contributed by atoms with Crippen molar-refractivity contribution in [1.82, 2.24) is 4.57 Å². The predicted octanol–water partition coefficient (Wildman–Crippen LogP) is 4.35. The van der Waals surface area contributed by atoms with Crippen molar-refractivity contribution in [2.45, 2.75) is 19.9 Å². The minimum Gasteiger partial charge on any atom is -0.497 e. The van der Waals surface area contributed by atoms with Gasteiger partial charge in [-0.2, -0.15) is 0 Å². The van der Waals surface area contributed by atoms with Gasteiger partial charge in [0.1, 0.15) is 5.75 Å². The van der Waals surface area contributed by atoms with Crippen LogP contribution in [0.5, 0.6) is 17.2 Å². The maximum absolute atomic E-state index is 14.2. The SMILES string of the molecule is CCOC(=O)C1=C(c2ccccc2)N=c2sc(=Cc3cccc(OC)c3OCC)c(=O)n2[C@@H]1c1cccc(OC)c1. The molecule has 0 bridgehead atoms. The topological polar surface area (TPSA) is 88.4 Å². The molecular weight excluding hydrogens is 540 g/mol. The van der Waals surface area contributed by atoms with Gasteiger partial charge in [0.15, 0.2) is 16.3 Å². The van der Waals surface area contributed by atoms with Crippen molar-refractivity contribution in [2.24, 2.45) is 4.99 Å². The van der Waals surface area contributed by atoms with E-state index in [0.29, 0.717) is 50.0 Å². The zero-order chi connectivity index (χ0) is 28.9. The minimum absolute atomic E-state index is 0.176. The number of methoxy groups -OCH3 is 2. The molecule has 41 heavy (non-hydrogen) atoms. The van der Waals surface area contributed by atoms with Crippen molar-refractivity contribution in [3.8, 4) is 17.2 Å². The maximum atomic E-state index is 14.2. The standard InChI is InChI=1S/C32H30N2O6S/c1-5-39-29-22(15-11-17-24(29)38-4)19-25-30(35)34-28(21-14-10-16-23(18-21)37-3)26(31(36)40-6-2)27(33-32(34)41-25)20-12-8-7-9-13-20/h7-19,28H,5-6H2,1-4H3/t28-/m1/s1. The Bertz CT molecular complexity index is 1790. The zero-order valence-corrected chi connectivity index (χ0v) is 24.1. The van der Waals surface area contributed by atoms with Gasteiger partial charge < -0.3 is 18.9 Å². The number of hydrogen-bond acceptors (Lipinski definition) is 8. The average molecular weight is 571 g/mol. The van der Waals surface area contributed by atoms with E-state index in [0.717, 1.165) is 5.56 Å². The number of carbonyl (C=O) groups excluding carboxylic acids is 1. The number of ether oxygens (including phenoxy) is 4. The molecule has 1 atom stereocenters. The largest absolute Gasteiger partial charge is 0.497 e. The number of esters is 1. The molecule has 0 aliphatic carbocycles. The Kier molecular flexibility index (Phi) is 8.35. The van der Waals surface area contributed by atoms with Gasteiger partial charge >= 0.3 is 5.97 Å². The van der Waals surface area contributed by atoms with E-state index in [1.165, 1.54) is 11.3 Å². The van der Waals surface area contributed by atoms with Crippen molar-refractivity contribution in [2.75, 3.05) is 27.4 Å². The van der Waals surface area contributed by atoms with Crippen LogP contribution in [0.4, 0.5) is 0 Å². The lowest BCUT2D eigenvalue weighted by Gasteiger charge is -2.26. The van der Waals surface area contributed by atoms with Gasteiger partial charge in [-0.25, -0.2) is 9.79 Å². The molecule has 0 unspecified atom stereocenters. The predicted molar refractivity (Wildman–Crippen MR) is 158 cm³/mol. The number of carbonyl (C=O) groups is 1. The third kappa shape index (κ3) is 5.40. The Balaban J connectivity index is 1.83. The lowest BCUT2D eigenvalue weighted by molar-refractivity contribution is -0.138. The number of thiazole rings is 1. The van der Waals surface area contributed by atoms with Crippen molar-refractivity contribution in [1.29, 1.82) is 0 Å². The summed E-state index contributed by atoms with van der Waals surface area (Å²) < 4.78 is 24.4. The summed E-state index contributed by atoms with van der Waals surface area (Å²) in [6.45, 7) is 4.25. The number of hydrogen-bond donors (Lipinski definition) is 0.